The lowest BCUT2D eigenvalue weighted by atomic mass is 10.1. The molecule has 152 valence electrons. The number of nitrogens with one attached hydrogen (secondary N) is 1. The van der Waals surface area contributed by atoms with Crippen LogP contribution in [0.1, 0.15) is 5.56 Å². The van der Waals surface area contributed by atoms with Crippen LogP contribution in [0.3, 0.4) is 0 Å². The molecule has 5 nitrogen and oxygen atoms in total. The Labute approximate surface area is 182 Å². The van der Waals surface area contributed by atoms with Crippen molar-refractivity contribution >= 4 is 44.2 Å². The number of hydrogen-bond acceptors (Lipinski definition) is 4. The Morgan fingerprint density at radius 1 is 0.935 bits per heavy atom. The summed E-state index contributed by atoms with van der Waals surface area (Å²) in [7, 11) is 0. The van der Waals surface area contributed by atoms with Crippen LogP contribution < -0.4 is 10.7 Å². The van der Waals surface area contributed by atoms with Gasteiger partial charge in [-0.2, -0.15) is 0 Å². The molecule has 0 bridgehead atoms. The van der Waals surface area contributed by atoms with E-state index in [1.54, 1.807) is 12.1 Å². The van der Waals surface area contributed by atoms with E-state index in [0.29, 0.717) is 15.9 Å². The number of pyridine rings is 1. The zero-order valence-electron chi connectivity index (χ0n) is 16.8. The van der Waals surface area contributed by atoms with E-state index in [0.717, 1.165) is 27.9 Å². The second-order valence-corrected chi connectivity index (χ2v) is 8.21. The number of anilines is 1. The number of thiazole rings is 1. The first-order valence-electron chi connectivity index (χ1n) is 9.93. The fraction of sp³-hybridized carbons (Fsp3) is 0.0800. The van der Waals surface area contributed by atoms with Crippen LogP contribution in [0.4, 0.5) is 5.13 Å². The number of rotatable bonds is 4. The van der Waals surface area contributed by atoms with Gasteiger partial charge in [-0.15, -0.1) is 11.3 Å². The average Bonchev–Trinajstić information content (AvgIpc) is 3.25. The van der Waals surface area contributed by atoms with Gasteiger partial charge in [-0.1, -0.05) is 48.5 Å². The molecule has 5 aromatic rings. The highest BCUT2D eigenvalue weighted by atomic mass is 32.1. The van der Waals surface area contributed by atoms with Crippen molar-refractivity contribution in [1.82, 2.24) is 9.55 Å². The molecule has 0 fully saturated rings. The molecule has 2 aromatic heterocycles. The maximum atomic E-state index is 12.9. The van der Waals surface area contributed by atoms with E-state index in [-0.39, 0.29) is 17.9 Å². The largest absolute Gasteiger partial charge is 0.331 e. The lowest BCUT2D eigenvalue weighted by Gasteiger charge is -2.14. The Morgan fingerprint density at radius 3 is 2.23 bits per heavy atom. The average molecular weight is 426 g/mol. The normalized spacial score (nSPS) is 11.1. The number of nitrogens with zero attached hydrogens (tertiary/aromatic N) is 2. The van der Waals surface area contributed by atoms with Gasteiger partial charge in [0.25, 0.3) is 0 Å². The molecule has 0 atom stereocenters. The monoisotopic (exact) mass is 425 g/mol. The first-order chi connectivity index (χ1) is 15.1. The van der Waals surface area contributed by atoms with Crippen LogP contribution in [0.15, 0.2) is 83.0 Å². The fourth-order valence-corrected chi connectivity index (χ4v) is 4.59. The van der Waals surface area contributed by atoms with Crippen molar-refractivity contribution in [3.63, 3.8) is 0 Å². The number of aromatic nitrogens is 2. The van der Waals surface area contributed by atoms with Gasteiger partial charge in [0.05, 0.1) is 16.7 Å². The summed E-state index contributed by atoms with van der Waals surface area (Å²) in [5, 5.41) is 6.62. The first-order valence-corrected chi connectivity index (χ1v) is 10.8. The van der Waals surface area contributed by atoms with Crippen LogP contribution >= 0.6 is 11.3 Å². The minimum absolute atomic E-state index is 0.0225. The van der Waals surface area contributed by atoms with Crippen LogP contribution in [0, 0.1) is 6.92 Å². The Bertz CT molecular complexity index is 1440. The number of fused-ring (bicyclic) bond motifs is 2. The number of amides is 1. The molecule has 2 heterocycles. The van der Waals surface area contributed by atoms with E-state index in [2.05, 4.69) is 10.3 Å². The van der Waals surface area contributed by atoms with Crippen molar-refractivity contribution in [2.75, 3.05) is 5.32 Å². The van der Waals surface area contributed by atoms with E-state index in [9.17, 15) is 9.59 Å². The smallest absolute Gasteiger partial charge is 0.246 e. The highest BCUT2D eigenvalue weighted by molar-refractivity contribution is 7.14. The molecule has 0 radical (unpaired) electrons. The maximum absolute atomic E-state index is 12.9. The molecule has 3 aromatic carbocycles. The van der Waals surface area contributed by atoms with Crippen LogP contribution in [0.2, 0.25) is 0 Å². The van der Waals surface area contributed by atoms with Crippen LogP contribution in [-0.4, -0.2) is 15.5 Å². The predicted octanol–water partition coefficient (Wildman–Crippen LogP) is 5.23. The summed E-state index contributed by atoms with van der Waals surface area (Å²) < 4.78 is 1.89. The first kappa shape index (κ1) is 19.2. The highest BCUT2D eigenvalue weighted by Crippen LogP contribution is 2.27. The van der Waals surface area contributed by atoms with E-state index >= 15 is 0 Å². The van der Waals surface area contributed by atoms with Gasteiger partial charge >= 0.3 is 0 Å². The van der Waals surface area contributed by atoms with Gasteiger partial charge in [-0.3, -0.25) is 9.59 Å². The van der Waals surface area contributed by atoms with Crippen molar-refractivity contribution in [3.05, 3.63) is 94.0 Å². The van der Waals surface area contributed by atoms with E-state index in [4.69, 9.17) is 0 Å². The Kier molecular flexibility index (Phi) is 4.84. The number of benzene rings is 3. The minimum atomic E-state index is -0.190. The zero-order chi connectivity index (χ0) is 21.4. The van der Waals surface area contributed by atoms with Crippen molar-refractivity contribution in [3.8, 4) is 11.3 Å². The topological polar surface area (TPSA) is 64.0 Å². The van der Waals surface area contributed by atoms with Crippen molar-refractivity contribution in [1.29, 1.82) is 0 Å². The van der Waals surface area contributed by atoms with Gasteiger partial charge in [0.1, 0.15) is 6.54 Å². The molecule has 0 saturated heterocycles. The molecule has 0 aliphatic rings. The molecule has 0 aliphatic carbocycles. The second-order valence-electron chi connectivity index (χ2n) is 7.35. The van der Waals surface area contributed by atoms with Gasteiger partial charge in [0.15, 0.2) is 10.6 Å². The van der Waals surface area contributed by atoms with E-state index in [1.165, 1.54) is 11.3 Å². The fourth-order valence-electron chi connectivity index (χ4n) is 3.86. The standard InChI is InChI=1S/C25H19N3O2S/c1-16-8-2-3-9-17(16)20-15-31-25(26-20)27-23(29)14-28-21-12-6-4-10-18(21)24(30)19-11-5-7-13-22(19)28/h2-13,15H,14H2,1H3,(H,26,27,29). The summed E-state index contributed by atoms with van der Waals surface area (Å²) in [6, 6.07) is 22.8. The third-order valence-electron chi connectivity index (χ3n) is 5.35. The molecule has 0 unspecified atom stereocenters. The van der Waals surface area contributed by atoms with Gasteiger partial charge < -0.3 is 9.88 Å². The molecular formula is C25H19N3O2S. The molecule has 0 aliphatic heterocycles. The summed E-state index contributed by atoms with van der Waals surface area (Å²) in [6.45, 7) is 2.13. The number of aryl methyl sites for hydroxylation is 1. The van der Waals surface area contributed by atoms with Crippen LogP contribution in [-0.2, 0) is 11.3 Å². The lowest BCUT2D eigenvalue weighted by molar-refractivity contribution is -0.116. The minimum Gasteiger partial charge on any atom is -0.331 e. The summed E-state index contributed by atoms with van der Waals surface area (Å²) >= 11 is 1.40. The summed E-state index contributed by atoms with van der Waals surface area (Å²) in [6.07, 6.45) is 0. The van der Waals surface area contributed by atoms with E-state index < -0.39 is 0 Å². The molecule has 1 amide bonds. The Balaban J connectivity index is 1.48. The number of hydrogen-bond donors (Lipinski definition) is 1. The maximum Gasteiger partial charge on any atom is 0.246 e. The van der Waals surface area contributed by atoms with Gasteiger partial charge in [-0.05, 0) is 36.8 Å². The highest BCUT2D eigenvalue weighted by Gasteiger charge is 2.14. The zero-order valence-corrected chi connectivity index (χ0v) is 17.6. The van der Waals surface area contributed by atoms with Gasteiger partial charge in [-0.25, -0.2) is 4.98 Å². The van der Waals surface area contributed by atoms with E-state index in [1.807, 2.05) is 77.5 Å². The van der Waals surface area contributed by atoms with Crippen LogP contribution in [0.25, 0.3) is 33.1 Å². The summed E-state index contributed by atoms with van der Waals surface area (Å²) in [5.41, 5.74) is 4.49. The SMILES string of the molecule is Cc1ccccc1-c1csc(NC(=O)Cn2c3ccccc3c(=O)c3ccccc32)n1. The predicted molar refractivity (Wildman–Crippen MR) is 127 cm³/mol. The molecule has 1 N–H and O–H groups in total. The molecule has 0 spiro atoms. The number of carbonyl (C=O) groups is 1. The summed E-state index contributed by atoms with van der Waals surface area (Å²) in [5.74, 6) is -0.190. The van der Waals surface area contributed by atoms with Crippen molar-refractivity contribution in [2.24, 2.45) is 0 Å². The lowest BCUT2D eigenvalue weighted by Crippen LogP contribution is -2.21. The third kappa shape index (κ3) is 3.51. The molecule has 31 heavy (non-hydrogen) atoms. The Morgan fingerprint density at radius 2 is 1.55 bits per heavy atom. The molecular weight excluding hydrogens is 406 g/mol. The summed E-state index contributed by atoms with van der Waals surface area (Å²) in [4.78, 5) is 30.4. The molecule has 0 saturated carbocycles. The van der Waals surface area contributed by atoms with Gasteiger partial charge in [0.2, 0.25) is 5.91 Å². The van der Waals surface area contributed by atoms with Crippen LogP contribution in [0.5, 0.6) is 0 Å². The third-order valence-corrected chi connectivity index (χ3v) is 6.11. The van der Waals surface area contributed by atoms with Gasteiger partial charge in [0, 0.05) is 21.7 Å². The van der Waals surface area contributed by atoms with Crippen molar-refractivity contribution in [2.45, 2.75) is 13.5 Å². The Hall–Kier alpha value is -3.77. The van der Waals surface area contributed by atoms with Crippen molar-refractivity contribution < 1.29 is 4.79 Å². The molecule has 5 rings (SSSR count). The number of para-hydroxylation sites is 2. The molecule has 6 heteroatoms. The quantitative estimate of drug-likeness (QED) is 0.401. The number of carbonyl (C=O) groups excluding carboxylic acids is 1. The second kappa shape index (κ2) is 7.81.